The third-order valence-electron chi connectivity index (χ3n) is 5.20. The highest BCUT2D eigenvalue weighted by molar-refractivity contribution is 9.10. The lowest BCUT2D eigenvalue weighted by Crippen LogP contribution is -2.31. The van der Waals surface area contributed by atoms with Crippen LogP contribution in [0.5, 0.6) is 0 Å². The van der Waals surface area contributed by atoms with Crippen LogP contribution in [0.25, 0.3) is 11.2 Å². The number of halogens is 1. The van der Waals surface area contributed by atoms with Gasteiger partial charge in [-0.25, -0.2) is 9.97 Å². The normalized spacial score (nSPS) is 14.2. The molecule has 162 valence electrons. The summed E-state index contributed by atoms with van der Waals surface area (Å²) < 4.78 is 34.4. The van der Waals surface area contributed by atoms with Gasteiger partial charge in [-0.3, -0.25) is 4.18 Å². The summed E-state index contributed by atoms with van der Waals surface area (Å²) in [5, 5.41) is 0. The van der Waals surface area contributed by atoms with E-state index in [1.54, 1.807) is 30.5 Å². The number of nitrogens with zero attached hydrogens (tertiary/aromatic N) is 3. The van der Waals surface area contributed by atoms with E-state index in [0.29, 0.717) is 25.2 Å². The molecule has 0 saturated heterocycles. The van der Waals surface area contributed by atoms with E-state index in [9.17, 15) is 8.42 Å². The van der Waals surface area contributed by atoms with Crippen molar-refractivity contribution in [3.8, 4) is 0 Å². The van der Waals surface area contributed by atoms with Crippen LogP contribution in [0.2, 0.25) is 0 Å². The second kappa shape index (κ2) is 9.55. The molecule has 0 amide bonds. The van der Waals surface area contributed by atoms with Crippen LogP contribution in [0.4, 0.5) is 0 Å². The molecular formula is C21H27BrN4O3S. The predicted octanol–water partition coefficient (Wildman–Crippen LogP) is 3.82. The molecule has 2 N–H and O–H groups in total. The summed E-state index contributed by atoms with van der Waals surface area (Å²) in [6, 6.07) is 8.56. The van der Waals surface area contributed by atoms with Crippen LogP contribution in [0.1, 0.15) is 31.7 Å². The van der Waals surface area contributed by atoms with Crippen LogP contribution in [0.15, 0.2) is 45.9 Å². The first-order valence-corrected chi connectivity index (χ1v) is 12.2. The molecule has 3 aromatic rings. The number of aryl methyl sites for hydroxylation is 1. The van der Waals surface area contributed by atoms with Crippen molar-refractivity contribution >= 4 is 37.2 Å². The zero-order valence-corrected chi connectivity index (χ0v) is 19.8. The Morgan fingerprint density at radius 3 is 2.60 bits per heavy atom. The zero-order valence-electron chi connectivity index (χ0n) is 17.4. The van der Waals surface area contributed by atoms with Crippen molar-refractivity contribution < 1.29 is 12.6 Å². The summed E-state index contributed by atoms with van der Waals surface area (Å²) in [7, 11) is -3.91. The van der Waals surface area contributed by atoms with Crippen molar-refractivity contribution in [3.05, 3.63) is 52.4 Å². The van der Waals surface area contributed by atoms with Crippen molar-refractivity contribution in [1.29, 1.82) is 0 Å². The van der Waals surface area contributed by atoms with Crippen molar-refractivity contribution in [2.45, 2.75) is 51.2 Å². The lowest BCUT2D eigenvalue weighted by atomic mass is 10.0. The number of nitrogens with two attached hydrogens (primary N) is 1. The van der Waals surface area contributed by atoms with Gasteiger partial charge in [-0.1, -0.05) is 38.0 Å². The highest BCUT2D eigenvalue weighted by Crippen LogP contribution is 2.25. The van der Waals surface area contributed by atoms with Gasteiger partial charge in [0.2, 0.25) is 0 Å². The van der Waals surface area contributed by atoms with E-state index in [1.165, 1.54) is 0 Å². The first-order chi connectivity index (χ1) is 14.2. The van der Waals surface area contributed by atoms with Gasteiger partial charge in [0.25, 0.3) is 10.1 Å². The summed E-state index contributed by atoms with van der Waals surface area (Å²) in [6.45, 7) is 6.66. The lowest BCUT2D eigenvalue weighted by Gasteiger charge is -2.24. The molecule has 30 heavy (non-hydrogen) atoms. The monoisotopic (exact) mass is 494 g/mol. The van der Waals surface area contributed by atoms with Gasteiger partial charge in [-0.2, -0.15) is 8.42 Å². The first-order valence-electron chi connectivity index (χ1n) is 9.95. The molecule has 2 atom stereocenters. The van der Waals surface area contributed by atoms with Crippen molar-refractivity contribution in [2.24, 2.45) is 11.7 Å². The standard InChI is InChI=1S/C21H27BrN4O3S/c1-4-15(3)19(29-30(27,28)17-7-5-14(2)6-8-17)13-26-20(9-10-23)25-18-11-16(22)12-24-21(18)26/h5-8,11-12,15,19H,4,9-10,13,23H2,1-3H3. The Morgan fingerprint density at radius 1 is 1.27 bits per heavy atom. The van der Waals surface area contributed by atoms with E-state index in [4.69, 9.17) is 9.92 Å². The quantitative estimate of drug-likeness (QED) is 0.453. The van der Waals surface area contributed by atoms with E-state index in [1.807, 2.05) is 31.4 Å². The molecule has 0 fully saturated rings. The number of imidazole rings is 1. The predicted molar refractivity (Wildman–Crippen MR) is 121 cm³/mol. The van der Waals surface area contributed by atoms with Gasteiger partial charge in [0, 0.05) is 17.1 Å². The van der Waals surface area contributed by atoms with Gasteiger partial charge in [-0.15, -0.1) is 0 Å². The molecule has 2 unspecified atom stereocenters. The van der Waals surface area contributed by atoms with Gasteiger partial charge < -0.3 is 10.3 Å². The molecule has 2 aromatic heterocycles. The number of aromatic nitrogens is 3. The molecule has 0 aliphatic carbocycles. The second-order valence-electron chi connectivity index (χ2n) is 7.46. The fourth-order valence-corrected chi connectivity index (χ4v) is 4.69. The van der Waals surface area contributed by atoms with Crippen molar-refractivity contribution in [3.63, 3.8) is 0 Å². The van der Waals surface area contributed by atoms with E-state index in [0.717, 1.165) is 27.8 Å². The van der Waals surface area contributed by atoms with Crippen LogP contribution >= 0.6 is 15.9 Å². The van der Waals surface area contributed by atoms with E-state index in [2.05, 4.69) is 25.9 Å². The molecular weight excluding hydrogens is 468 g/mol. The molecule has 0 spiro atoms. The van der Waals surface area contributed by atoms with Crippen molar-refractivity contribution in [1.82, 2.24) is 14.5 Å². The Bertz CT molecular complexity index is 1110. The molecule has 3 rings (SSSR count). The number of hydrogen-bond acceptors (Lipinski definition) is 6. The van der Waals surface area contributed by atoms with Gasteiger partial charge in [0.1, 0.15) is 11.3 Å². The number of benzene rings is 1. The summed E-state index contributed by atoms with van der Waals surface area (Å²) >= 11 is 3.42. The van der Waals surface area contributed by atoms with Gasteiger partial charge in [-0.05, 0) is 53.5 Å². The SMILES string of the molecule is CCC(C)C(Cn1c(CCN)nc2cc(Br)cnc21)OS(=O)(=O)c1ccc(C)cc1. The number of rotatable bonds is 9. The van der Waals surface area contributed by atoms with E-state index < -0.39 is 16.2 Å². The zero-order chi connectivity index (χ0) is 21.9. The third kappa shape index (κ3) is 5.08. The summed E-state index contributed by atoms with van der Waals surface area (Å²) in [4.78, 5) is 9.30. The fraction of sp³-hybridized carbons (Fsp3) is 0.429. The van der Waals surface area contributed by atoms with E-state index in [-0.39, 0.29) is 10.8 Å². The molecule has 0 radical (unpaired) electrons. The molecule has 0 bridgehead atoms. The van der Waals surface area contributed by atoms with E-state index >= 15 is 0 Å². The maximum atomic E-state index is 12.9. The van der Waals surface area contributed by atoms with Crippen LogP contribution in [-0.2, 0) is 27.3 Å². The van der Waals surface area contributed by atoms with Crippen LogP contribution in [-0.4, -0.2) is 35.6 Å². The maximum Gasteiger partial charge on any atom is 0.297 e. The third-order valence-corrected chi connectivity index (χ3v) is 6.98. The largest absolute Gasteiger partial charge is 0.330 e. The number of hydrogen-bond donors (Lipinski definition) is 1. The summed E-state index contributed by atoms with van der Waals surface area (Å²) in [5.41, 5.74) is 8.18. The number of pyridine rings is 1. The minimum Gasteiger partial charge on any atom is -0.330 e. The Hall–Kier alpha value is -1.81. The molecule has 7 nitrogen and oxygen atoms in total. The molecule has 2 heterocycles. The maximum absolute atomic E-state index is 12.9. The second-order valence-corrected chi connectivity index (χ2v) is 9.95. The minimum absolute atomic E-state index is 0.00356. The minimum atomic E-state index is -3.91. The molecule has 9 heteroatoms. The Labute approximate surface area is 185 Å². The summed E-state index contributed by atoms with van der Waals surface area (Å²) in [6.07, 6.45) is 2.47. The number of fused-ring (bicyclic) bond motifs is 1. The van der Waals surface area contributed by atoms with Gasteiger partial charge in [0.05, 0.1) is 17.5 Å². The Balaban J connectivity index is 1.97. The van der Waals surface area contributed by atoms with Gasteiger partial charge >= 0.3 is 0 Å². The molecule has 0 aliphatic rings. The fourth-order valence-electron chi connectivity index (χ4n) is 3.22. The average Bonchev–Trinajstić information content (AvgIpc) is 3.03. The van der Waals surface area contributed by atoms with Crippen LogP contribution in [0.3, 0.4) is 0 Å². The first kappa shape index (κ1) is 22.9. The van der Waals surface area contributed by atoms with Crippen LogP contribution < -0.4 is 5.73 Å². The Kier molecular flexibility index (Phi) is 7.28. The molecule has 0 aliphatic heterocycles. The molecule has 0 saturated carbocycles. The van der Waals surface area contributed by atoms with Gasteiger partial charge in [0.15, 0.2) is 5.65 Å². The smallest absolute Gasteiger partial charge is 0.297 e. The van der Waals surface area contributed by atoms with Crippen LogP contribution in [0, 0.1) is 12.8 Å². The average molecular weight is 495 g/mol. The lowest BCUT2D eigenvalue weighted by molar-refractivity contribution is 0.128. The highest BCUT2D eigenvalue weighted by atomic mass is 79.9. The Morgan fingerprint density at radius 2 is 1.97 bits per heavy atom. The molecule has 1 aromatic carbocycles. The topological polar surface area (TPSA) is 100 Å². The summed E-state index contributed by atoms with van der Waals surface area (Å²) in [5.74, 6) is 0.770. The highest BCUT2D eigenvalue weighted by Gasteiger charge is 2.28. The van der Waals surface area contributed by atoms with Crippen molar-refractivity contribution in [2.75, 3.05) is 6.54 Å².